The molecule has 4 rings (SSSR count). The van der Waals surface area contributed by atoms with Crippen LogP contribution in [0, 0.1) is 0 Å². The zero-order valence-electron chi connectivity index (χ0n) is 16.4. The number of carbonyl (C=O) groups excluding carboxylic acids is 2. The third kappa shape index (κ3) is 4.97. The summed E-state index contributed by atoms with van der Waals surface area (Å²) in [5.74, 6) is -0.459. The Morgan fingerprint density at radius 2 is 1.00 bits per heavy atom. The molecule has 0 amide bonds. The van der Waals surface area contributed by atoms with Crippen LogP contribution in [-0.4, -0.2) is 11.9 Å². The van der Waals surface area contributed by atoms with Crippen molar-refractivity contribution < 1.29 is 19.1 Å². The molecule has 0 radical (unpaired) electrons. The van der Waals surface area contributed by atoms with Crippen LogP contribution in [0.15, 0.2) is 108 Å². The third-order valence-corrected chi connectivity index (χ3v) is 5.10. The molecule has 0 aliphatic carbocycles. The highest BCUT2D eigenvalue weighted by atomic mass is 32.1. The molecule has 4 aromatic rings. The highest BCUT2D eigenvalue weighted by molar-refractivity contribution is 7.08. The van der Waals surface area contributed by atoms with E-state index in [4.69, 9.17) is 9.47 Å². The number of para-hydroxylation sites is 1. The Hall–Kier alpha value is -3.96. The predicted molar refractivity (Wildman–Crippen MR) is 122 cm³/mol. The quantitative estimate of drug-likeness (QED) is 0.167. The van der Waals surface area contributed by atoms with Gasteiger partial charge in [0.15, 0.2) is 0 Å². The van der Waals surface area contributed by atoms with E-state index in [1.807, 2.05) is 23.6 Å². The number of hydrogen-bond donors (Lipinski definition) is 0. The molecule has 1 heterocycles. The summed E-state index contributed by atoms with van der Waals surface area (Å²) in [4.78, 5) is 26.6. The molecule has 0 unspecified atom stereocenters. The van der Waals surface area contributed by atoms with Gasteiger partial charge in [-0.1, -0.05) is 78.9 Å². The molecule has 31 heavy (non-hydrogen) atoms. The van der Waals surface area contributed by atoms with Crippen molar-refractivity contribution >= 4 is 34.4 Å². The lowest BCUT2D eigenvalue weighted by molar-refractivity contribution is -0.130. The molecule has 1 aromatic heterocycles. The van der Waals surface area contributed by atoms with Crippen molar-refractivity contribution in [3.63, 3.8) is 0 Å². The number of rotatable bonds is 6. The molecular formula is C26H18O4S. The Balaban J connectivity index is 1.87. The van der Waals surface area contributed by atoms with Crippen LogP contribution in [0.3, 0.4) is 0 Å². The van der Waals surface area contributed by atoms with Gasteiger partial charge in [0.1, 0.15) is 11.5 Å². The minimum absolute atomic E-state index is 0.135. The van der Waals surface area contributed by atoms with Gasteiger partial charge in [0.05, 0.1) is 11.1 Å². The van der Waals surface area contributed by atoms with Crippen molar-refractivity contribution in [3.05, 3.63) is 119 Å². The second-order valence-corrected chi connectivity index (χ2v) is 7.31. The first kappa shape index (κ1) is 20.3. The minimum atomic E-state index is -0.640. The number of carbonyl (C=O) groups is 2. The van der Waals surface area contributed by atoms with Crippen molar-refractivity contribution in [2.24, 2.45) is 0 Å². The normalized spacial score (nSPS) is 11.4. The zero-order valence-corrected chi connectivity index (χ0v) is 17.3. The van der Waals surface area contributed by atoms with E-state index in [0.717, 1.165) is 0 Å². The lowest BCUT2D eigenvalue weighted by atomic mass is 9.94. The third-order valence-electron chi connectivity index (χ3n) is 4.44. The number of esters is 2. The summed E-state index contributed by atoms with van der Waals surface area (Å²) >= 11 is 1.42. The van der Waals surface area contributed by atoms with Gasteiger partial charge in [0, 0.05) is 5.38 Å². The zero-order chi connectivity index (χ0) is 21.5. The number of ether oxygens (including phenoxy) is 2. The summed E-state index contributed by atoms with van der Waals surface area (Å²) in [6.07, 6.45) is 0. The molecule has 0 fully saturated rings. The van der Waals surface area contributed by atoms with Crippen LogP contribution >= 0.6 is 11.3 Å². The smallest absolute Gasteiger partial charge is 0.345 e. The van der Waals surface area contributed by atoms with Gasteiger partial charge in [-0.15, -0.1) is 11.3 Å². The average Bonchev–Trinajstić information content (AvgIpc) is 3.32. The van der Waals surface area contributed by atoms with Crippen LogP contribution in [0.4, 0.5) is 0 Å². The van der Waals surface area contributed by atoms with Crippen LogP contribution in [0.2, 0.25) is 0 Å². The Bertz CT molecular complexity index is 1180. The molecule has 5 heteroatoms. The topological polar surface area (TPSA) is 52.6 Å². The molecule has 4 nitrogen and oxygen atoms in total. The van der Waals surface area contributed by atoms with Crippen LogP contribution in [-0.2, 0) is 9.59 Å². The van der Waals surface area contributed by atoms with E-state index in [1.165, 1.54) is 11.3 Å². The Kier molecular flexibility index (Phi) is 6.35. The standard InChI is InChI=1S/C26H18O4S/c27-25(29-21-14-8-3-9-15-21)23(19-10-4-1-5-11-19)24(20-12-6-2-7-13-20)26(28)30-22-16-17-31-18-22/h1-18H/b24-23-. The minimum Gasteiger partial charge on any atom is -0.423 e. The molecule has 0 saturated carbocycles. The van der Waals surface area contributed by atoms with E-state index in [-0.39, 0.29) is 11.1 Å². The monoisotopic (exact) mass is 426 g/mol. The van der Waals surface area contributed by atoms with Gasteiger partial charge < -0.3 is 9.47 Å². The molecule has 0 bridgehead atoms. The predicted octanol–water partition coefficient (Wildman–Crippen LogP) is 5.87. The second kappa shape index (κ2) is 9.69. The number of thiophene rings is 1. The molecule has 0 saturated heterocycles. The Morgan fingerprint density at radius 3 is 1.45 bits per heavy atom. The first-order valence-corrected chi connectivity index (χ1v) is 10.5. The molecule has 0 aliphatic rings. The van der Waals surface area contributed by atoms with E-state index in [2.05, 4.69) is 0 Å². The molecule has 152 valence electrons. The van der Waals surface area contributed by atoms with E-state index >= 15 is 0 Å². The SMILES string of the molecule is O=C(Oc1ccccc1)/C(=C(\C(=O)Oc1ccsc1)c1ccccc1)c1ccccc1. The van der Waals surface area contributed by atoms with Crippen molar-refractivity contribution in [2.75, 3.05) is 0 Å². The highest BCUT2D eigenvalue weighted by Crippen LogP contribution is 2.30. The van der Waals surface area contributed by atoms with Gasteiger partial charge in [0.25, 0.3) is 0 Å². The lowest BCUT2D eigenvalue weighted by Crippen LogP contribution is -2.18. The van der Waals surface area contributed by atoms with Crippen LogP contribution in [0.1, 0.15) is 11.1 Å². The van der Waals surface area contributed by atoms with E-state index in [0.29, 0.717) is 22.6 Å². The molecular weight excluding hydrogens is 408 g/mol. The number of benzene rings is 3. The Morgan fingerprint density at radius 1 is 0.548 bits per heavy atom. The fraction of sp³-hybridized carbons (Fsp3) is 0. The van der Waals surface area contributed by atoms with Gasteiger partial charge in [-0.3, -0.25) is 0 Å². The maximum atomic E-state index is 13.3. The van der Waals surface area contributed by atoms with Crippen molar-refractivity contribution in [2.45, 2.75) is 0 Å². The molecule has 0 atom stereocenters. The second-order valence-electron chi connectivity index (χ2n) is 6.53. The highest BCUT2D eigenvalue weighted by Gasteiger charge is 2.27. The maximum absolute atomic E-state index is 13.3. The van der Waals surface area contributed by atoms with Crippen LogP contribution in [0.25, 0.3) is 11.1 Å². The summed E-state index contributed by atoms with van der Waals surface area (Å²) in [6, 6.07) is 28.4. The van der Waals surface area contributed by atoms with E-state index in [9.17, 15) is 9.59 Å². The van der Waals surface area contributed by atoms with E-state index < -0.39 is 11.9 Å². The van der Waals surface area contributed by atoms with Gasteiger partial charge in [0.2, 0.25) is 0 Å². The Labute approximate surface area is 184 Å². The first-order chi connectivity index (χ1) is 15.2. The molecule has 0 N–H and O–H groups in total. The van der Waals surface area contributed by atoms with Gasteiger partial charge in [-0.05, 0) is 34.7 Å². The largest absolute Gasteiger partial charge is 0.423 e. The summed E-state index contributed by atoms with van der Waals surface area (Å²) in [5.41, 5.74) is 1.39. The summed E-state index contributed by atoms with van der Waals surface area (Å²) in [7, 11) is 0. The van der Waals surface area contributed by atoms with E-state index in [1.54, 1.807) is 84.2 Å². The lowest BCUT2D eigenvalue weighted by Gasteiger charge is -2.15. The first-order valence-electron chi connectivity index (χ1n) is 9.59. The fourth-order valence-electron chi connectivity index (χ4n) is 3.05. The van der Waals surface area contributed by atoms with Gasteiger partial charge in [-0.25, -0.2) is 9.59 Å². The van der Waals surface area contributed by atoms with Gasteiger partial charge in [-0.2, -0.15) is 0 Å². The summed E-state index contributed by atoms with van der Waals surface area (Å²) < 4.78 is 11.2. The number of hydrogen-bond acceptors (Lipinski definition) is 5. The molecule has 3 aromatic carbocycles. The van der Waals surface area contributed by atoms with Crippen LogP contribution < -0.4 is 9.47 Å². The molecule has 0 spiro atoms. The average molecular weight is 426 g/mol. The summed E-state index contributed by atoms with van der Waals surface area (Å²) in [5, 5.41) is 3.54. The van der Waals surface area contributed by atoms with Gasteiger partial charge >= 0.3 is 11.9 Å². The van der Waals surface area contributed by atoms with Crippen molar-refractivity contribution in [3.8, 4) is 11.5 Å². The fourth-order valence-corrected chi connectivity index (χ4v) is 3.60. The maximum Gasteiger partial charge on any atom is 0.345 e. The summed E-state index contributed by atoms with van der Waals surface area (Å²) in [6.45, 7) is 0. The van der Waals surface area contributed by atoms with Crippen molar-refractivity contribution in [1.29, 1.82) is 0 Å². The van der Waals surface area contributed by atoms with Crippen molar-refractivity contribution in [1.82, 2.24) is 0 Å². The molecule has 0 aliphatic heterocycles. The van der Waals surface area contributed by atoms with Crippen LogP contribution in [0.5, 0.6) is 11.5 Å².